The van der Waals surface area contributed by atoms with Crippen molar-refractivity contribution in [2.75, 3.05) is 23.7 Å². The van der Waals surface area contributed by atoms with Crippen LogP contribution in [-0.4, -0.2) is 49.3 Å². The topological polar surface area (TPSA) is 147 Å². The third-order valence-electron chi connectivity index (χ3n) is 8.18. The zero-order valence-electron chi connectivity index (χ0n) is 27.6. The molecule has 4 aromatic rings. The van der Waals surface area contributed by atoms with Crippen LogP contribution in [0.15, 0.2) is 137 Å². The molecule has 0 aromatic heterocycles. The average molecular weight is 706 g/mol. The molecular formula is C37H36N3NaO6S2. The Balaban J connectivity index is 0.00000541. The van der Waals surface area contributed by atoms with Gasteiger partial charge in [-0.1, -0.05) is 48.5 Å². The van der Waals surface area contributed by atoms with Gasteiger partial charge in [0.1, 0.15) is 26.8 Å². The number of benzene rings is 4. The summed E-state index contributed by atoms with van der Waals surface area (Å²) in [6.45, 7) is 6.61. The Bertz CT molecular complexity index is 2110. The minimum atomic E-state index is -4.49. The van der Waals surface area contributed by atoms with Crippen LogP contribution >= 0.6 is 0 Å². The first-order valence-electron chi connectivity index (χ1n) is 15.4. The molecule has 0 bridgehead atoms. The van der Waals surface area contributed by atoms with Crippen LogP contribution in [0.2, 0.25) is 0 Å². The van der Waals surface area contributed by atoms with Crippen LogP contribution in [0.4, 0.5) is 11.4 Å². The van der Waals surface area contributed by atoms with Gasteiger partial charge >= 0.3 is 29.6 Å². The second-order valence-corrected chi connectivity index (χ2v) is 14.1. The van der Waals surface area contributed by atoms with Crippen molar-refractivity contribution in [1.29, 1.82) is 0 Å². The first-order chi connectivity index (χ1) is 22.9. The van der Waals surface area contributed by atoms with Gasteiger partial charge in [-0.2, -0.15) is 0 Å². The molecule has 1 aliphatic rings. The van der Waals surface area contributed by atoms with Gasteiger partial charge in [-0.25, -0.2) is 21.4 Å². The molecule has 0 saturated carbocycles. The Morgan fingerprint density at radius 3 is 1.59 bits per heavy atom. The van der Waals surface area contributed by atoms with Crippen molar-refractivity contribution in [3.05, 3.63) is 149 Å². The standard InChI is InChI=1S/C37H37N3O6S2.Na/c1-3-39(25-27-5-21-35(22-6-27)47(41,42)43)33-17-11-30(12-18-33)37(29-9-15-32(38)16-10-29)31-13-19-34(20-14-31)40(4-2)26-28-7-23-36(24-8-28)48(44,45)46;/h5-24,38H,3-4,25-26H2,1-2H3,(H2,41,42,43,44,45,46);/q;+1/p-1. The summed E-state index contributed by atoms with van der Waals surface area (Å²) in [6.07, 6.45) is 8.27. The van der Waals surface area contributed by atoms with E-state index >= 15 is 0 Å². The molecule has 0 fully saturated rings. The van der Waals surface area contributed by atoms with E-state index in [1.165, 1.54) is 24.3 Å². The normalized spacial score (nSPS) is 12.8. The van der Waals surface area contributed by atoms with Crippen molar-refractivity contribution >= 4 is 42.9 Å². The Hall–Kier alpha value is -3.81. The molecule has 0 amide bonds. The van der Waals surface area contributed by atoms with Crippen molar-refractivity contribution in [2.45, 2.75) is 36.7 Å². The Morgan fingerprint density at radius 2 is 1.14 bits per heavy atom. The maximum atomic E-state index is 11.3. The number of hydrogen-bond acceptors (Lipinski definition) is 8. The van der Waals surface area contributed by atoms with E-state index in [2.05, 4.69) is 58.0 Å². The SMILES string of the molecule is CCN(Cc1ccc(S(=O)(=O)[O-])cc1)c1ccc(C(=C2C=CC(=[N+](CC)Cc3ccc(S(=O)(=O)[O-])cc3)C=C2)c2ccc(N)cc2)cc1.[Na+]. The number of nitrogen functional groups attached to an aromatic ring is 1. The van der Waals surface area contributed by atoms with E-state index in [0.717, 1.165) is 44.8 Å². The molecule has 0 atom stereocenters. The molecule has 0 unspecified atom stereocenters. The summed E-state index contributed by atoms with van der Waals surface area (Å²) >= 11 is 0. The smallest absolute Gasteiger partial charge is 0.744 e. The van der Waals surface area contributed by atoms with E-state index in [0.29, 0.717) is 31.9 Å². The van der Waals surface area contributed by atoms with Crippen LogP contribution in [-0.2, 0) is 33.3 Å². The van der Waals surface area contributed by atoms with Crippen molar-refractivity contribution in [1.82, 2.24) is 0 Å². The Morgan fingerprint density at radius 1 is 0.673 bits per heavy atom. The van der Waals surface area contributed by atoms with Gasteiger partial charge in [0.25, 0.3) is 0 Å². The second kappa shape index (κ2) is 16.3. The minimum Gasteiger partial charge on any atom is -0.744 e. The number of hydrogen-bond donors (Lipinski definition) is 1. The van der Waals surface area contributed by atoms with Gasteiger partial charge in [0, 0.05) is 42.2 Å². The van der Waals surface area contributed by atoms with E-state index in [4.69, 9.17) is 5.73 Å². The molecule has 1 aliphatic carbocycles. The van der Waals surface area contributed by atoms with Crippen molar-refractivity contribution in [2.24, 2.45) is 0 Å². The average Bonchev–Trinajstić information content (AvgIpc) is 3.07. The monoisotopic (exact) mass is 705 g/mol. The van der Waals surface area contributed by atoms with Gasteiger partial charge in [0.05, 0.1) is 9.79 Å². The largest absolute Gasteiger partial charge is 1.00 e. The van der Waals surface area contributed by atoms with Crippen LogP contribution in [0.3, 0.4) is 0 Å². The van der Waals surface area contributed by atoms with E-state index in [1.54, 1.807) is 24.3 Å². The molecular weight excluding hydrogens is 670 g/mol. The number of nitrogens with zero attached hydrogens (tertiary/aromatic N) is 2. The fourth-order valence-electron chi connectivity index (χ4n) is 5.56. The van der Waals surface area contributed by atoms with Gasteiger partial charge in [-0.05, 0) is 102 Å². The zero-order chi connectivity index (χ0) is 34.5. The molecule has 0 radical (unpaired) electrons. The van der Waals surface area contributed by atoms with Gasteiger partial charge in [0.2, 0.25) is 0 Å². The number of allylic oxidation sites excluding steroid dienone is 5. The predicted octanol–water partition coefficient (Wildman–Crippen LogP) is 2.71. The Kier molecular flexibility index (Phi) is 12.6. The predicted molar refractivity (Wildman–Crippen MR) is 187 cm³/mol. The van der Waals surface area contributed by atoms with Crippen molar-refractivity contribution < 1.29 is 60.1 Å². The Labute approximate surface area is 310 Å². The van der Waals surface area contributed by atoms with Gasteiger partial charge < -0.3 is 19.7 Å². The summed E-state index contributed by atoms with van der Waals surface area (Å²) in [7, 11) is -8.99. The molecule has 12 heteroatoms. The summed E-state index contributed by atoms with van der Waals surface area (Å²) in [6, 6.07) is 28.0. The van der Waals surface area contributed by atoms with Crippen molar-refractivity contribution in [3.63, 3.8) is 0 Å². The molecule has 5 rings (SSSR count). The summed E-state index contributed by atoms with van der Waals surface area (Å²) in [5, 5.41) is 0. The fourth-order valence-corrected chi connectivity index (χ4v) is 6.50. The molecule has 4 aromatic carbocycles. The summed E-state index contributed by atoms with van der Waals surface area (Å²) in [5.41, 5.74) is 14.5. The van der Waals surface area contributed by atoms with Gasteiger partial charge in [0.15, 0.2) is 12.3 Å². The van der Waals surface area contributed by atoms with Crippen LogP contribution in [0, 0.1) is 0 Å². The summed E-state index contributed by atoms with van der Waals surface area (Å²) < 4.78 is 70.1. The molecule has 0 saturated heterocycles. The third-order valence-corrected chi connectivity index (χ3v) is 9.88. The van der Waals surface area contributed by atoms with E-state index in [9.17, 15) is 25.9 Å². The maximum absolute atomic E-state index is 11.3. The van der Waals surface area contributed by atoms with Gasteiger partial charge in [-0.3, -0.25) is 0 Å². The van der Waals surface area contributed by atoms with Crippen LogP contribution < -0.4 is 40.2 Å². The first kappa shape index (κ1) is 38.0. The molecule has 0 spiro atoms. The van der Waals surface area contributed by atoms with Crippen LogP contribution in [0.5, 0.6) is 0 Å². The zero-order valence-corrected chi connectivity index (χ0v) is 31.2. The summed E-state index contributed by atoms with van der Waals surface area (Å²) in [4.78, 5) is 1.67. The van der Waals surface area contributed by atoms with Gasteiger partial charge in [-0.15, -0.1) is 0 Å². The number of nitrogens with two attached hydrogens (primary N) is 1. The molecule has 49 heavy (non-hydrogen) atoms. The maximum Gasteiger partial charge on any atom is 1.00 e. The first-order valence-corrected chi connectivity index (χ1v) is 18.2. The van der Waals surface area contributed by atoms with E-state index < -0.39 is 20.2 Å². The minimum absolute atomic E-state index is 0. The fraction of sp³-hybridized carbons (Fsp3) is 0.162. The van der Waals surface area contributed by atoms with E-state index in [-0.39, 0.29) is 39.3 Å². The number of rotatable bonds is 11. The molecule has 0 aliphatic heterocycles. The van der Waals surface area contributed by atoms with E-state index in [1.807, 2.05) is 38.1 Å². The second-order valence-electron chi connectivity index (χ2n) is 11.3. The molecule has 248 valence electrons. The third kappa shape index (κ3) is 9.67. The van der Waals surface area contributed by atoms with Crippen LogP contribution in [0.1, 0.15) is 36.1 Å². The number of anilines is 2. The molecule has 2 N–H and O–H groups in total. The van der Waals surface area contributed by atoms with Crippen molar-refractivity contribution in [3.8, 4) is 0 Å². The van der Waals surface area contributed by atoms with Crippen LogP contribution in [0.25, 0.3) is 5.57 Å². The summed E-state index contributed by atoms with van der Waals surface area (Å²) in [5.74, 6) is 0. The molecule has 0 heterocycles. The molecule has 9 nitrogen and oxygen atoms in total. The quantitative estimate of drug-likeness (QED) is 0.109.